The summed E-state index contributed by atoms with van der Waals surface area (Å²) < 4.78 is 0. The largest absolute Gasteiger partial charge is 0.392 e. The molecule has 1 rings (SSSR count). The van der Waals surface area contributed by atoms with Crippen LogP contribution >= 0.6 is 24.0 Å². The fourth-order valence-electron chi connectivity index (χ4n) is 2.21. The lowest BCUT2D eigenvalue weighted by atomic mass is 10.1. The summed E-state index contributed by atoms with van der Waals surface area (Å²) in [6, 6.07) is 7.74. The summed E-state index contributed by atoms with van der Waals surface area (Å²) in [5, 5.41) is 12.4. The zero-order valence-corrected chi connectivity index (χ0v) is 15.9. The van der Waals surface area contributed by atoms with Crippen molar-refractivity contribution in [3.8, 4) is 0 Å². The number of aliphatic hydroxyl groups is 1. The van der Waals surface area contributed by atoms with Crippen LogP contribution in [-0.2, 0) is 13.2 Å². The molecule has 0 amide bonds. The molecule has 0 unspecified atom stereocenters. The van der Waals surface area contributed by atoms with Gasteiger partial charge in [-0.05, 0) is 17.5 Å². The molecule has 0 aliphatic rings. The first-order valence-electron chi connectivity index (χ1n) is 7.99. The van der Waals surface area contributed by atoms with Gasteiger partial charge in [0.25, 0.3) is 0 Å². The Morgan fingerprint density at radius 2 is 1.73 bits per heavy atom. The molecule has 126 valence electrons. The van der Waals surface area contributed by atoms with Crippen LogP contribution in [0.5, 0.6) is 0 Å². The zero-order chi connectivity index (χ0) is 15.3. The van der Waals surface area contributed by atoms with Crippen LogP contribution in [0.25, 0.3) is 0 Å². The minimum Gasteiger partial charge on any atom is -0.392 e. The number of nitrogens with two attached hydrogens (primary N) is 1. The maximum atomic E-state index is 9.25. The van der Waals surface area contributed by atoms with E-state index in [-0.39, 0.29) is 30.6 Å². The number of benzene rings is 1. The Labute approximate surface area is 151 Å². The highest BCUT2D eigenvalue weighted by Gasteiger charge is 1.99. The number of unbranched alkanes of at least 4 members (excludes halogenated alkanes) is 5. The third-order valence-corrected chi connectivity index (χ3v) is 3.54. The molecule has 4 nitrogen and oxygen atoms in total. The third-order valence-electron chi connectivity index (χ3n) is 3.54. The van der Waals surface area contributed by atoms with E-state index in [0.29, 0.717) is 12.5 Å². The number of nitrogens with zero attached hydrogens (tertiary/aromatic N) is 1. The molecular formula is C17H30IN3O. The first kappa shape index (κ1) is 21.2. The number of aliphatic hydroxyl groups excluding tert-OH is 1. The van der Waals surface area contributed by atoms with Gasteiger partial charge in [-0.2, -0.15) is 0 Å². The Hall–Kier alpha value is -0.820. The molecule has 0 aliphatic carbocycles. The SMILES string of the molecule is CCCCCCCCNC(N)=NCc1ccccc1CO.I. The normalized spacial score (nSPS) is 11.1. The number of hydrogen-bond acceptors (Lipinski definition) is 2. The number of nitrogens with one attached hydrogen (secondary N) is 1. The van der Waals surface area contributed by atoms with Crippen molar-refractivity contribution >= 4 is 29.9 Å². The van der Waals surface area contributed by atoms with Crippen LogP contribution in [0.1, 0.15) is 56.6 Å². The Balaban J connectivity index is 0.00000441. The lowest BCUT2D eigenvalue weighted by Gasteiger charge is -2.07. The number of rotatable bonds is 10. The molecule has 0 spiro atoms. The van der Waals surface area contributed by atoms with E-state index in [1.807, 2.05) is 24.3 Å². The van der Waals surface area contributed by atoms with Gasteiger partial charge in [0, 0.05) is 6.54 Å². The van der Waals surface area contributed by atoms with Crippen molar-refractivity contribution in [1.29, 1.82) is 0 Å². The van der Waals surface area contributed by atoms with Crippen LogP contribution in [0.2, 0.25) is 0 Å². The third kappa shape index (κ3) is 9.25. The van der Waals surface area contributed by atoms with E-state index in [4.69, 9.17) is 5.73 Å². The van der Waals surface area contributed by atoms with E-state index >= 15 is 0 Å². The summed E-state index contributed by atoms with van der Waals surface area (Å²) in [5.41, 5.74) is 7.78. The molecule has 1 aromatic carbocycles. The molecule has 0 radical (unpaired) electrons. The topological polar surface area (TPSA) is 70.6 Å². The highest BCUT2D eigenvalue weighted by molar-refractivity contribution is 14.0. The minimum absolute atomic E-state index is 0. The van der Waals surface area contributed by atoms with Crippen molar-refractivity contribution in [3.05, 3.63) is 35.4 Å². The maximum absolute atomic E-state index is 9.25. The van der Waals surface area contributed by atoms with Gasteiger partial charge < -0.3 is 16.2 Å². The highest BCUT2D eigenvalue weighted by Crippen LogP contribution is 2.09. The predicted octanol–water partition coefficient (Wildman–Crippen LogP) is 3.56. The van der Waals surface area contributed by atoms with Gasteiger partial charge in [-0.15, -0.1) is 24.0 Å². The van der Waals surface area contributed by atoms with Gasteiger partial charge in [0.15, 0.2) is 5.96 Å². The number of guanidine groups is 1. The summed E-state index contributed by atoms with van der Waals surface area (Å²) in [6.45, 7) is 3.65. The van der Waals surface area contributed by atoms with Crippen molar-refractivity contribution in [3.63, 3.8) is 0 Å². The molecule has 0 atom stereocenters. The van der Waals surface area contributed by atoms with Gasteiger partial charge in [-0.3, -0.25) is 0 Å². The van der Waals surface area contributed by atoms with Crippen LogP contribution in [0.3, 0.4) is 0 Å². The highest BCUT2D eigenvalue weighted by atomic mass is 127. The minimum atomic E-state index is 0. The van der Waals surface area contributed by atoms with Crippen LogP contribution in [0.15, 0.2) is 29.3 Å². The smallest absolute Gasteiger partial charge is 0.188 e. The monoisotopic (exact) mass is 419 g/mol. The Kier molecular flexibility index (Phi) is 13.3. The number of aliphatic imine (C=N–C) groups is 1. The predicted molar refractivity (Wildman–Crippen MR) is 104 cm³/mol. The molecule has 22 heavy (non-hydrogen) atoms. The van der Waals surface area contributed by atoms with Crippen LogP contribution in [0.4, 0.5) is 0 Å². The van der Waals surface area contributed by atoms with Crippen molar-refractivity contribution in [1.82, 2.24) is 5.32 Å². The fourth-order valence-corrected chi connectivity index (χ4v) is 2.21. The van der Waals surface area contributed by atoms with Crippen LogP contribution in [0, 0.1) is 0 Å². The van der Waals surface area contributed by atoms with E-state index in [2.05, 4.69) is 17.2 Å². The fraction of sp³-hybridized carbons (Fsp3) is 0.588. The van der Waals surface area contributed by atoms with Crippen molar-refractivity contribution in [2.45, 2.75) is 58.6 Å². The van der Waals surface area contributed by atoms with Crippen molar-refractivity contribution in [2.75, 3.05) is 6.54 Å². The number of hydrogen-bond donors (Lipinski definition) is 3. The molecule has 0 aliphatic heterocycles. The van der Waals surface area contributed by atoms with Gasteiger partial charge >= 0.3 is 0 Å². The average Bonchev–Trinajstić information content (AvgIpc) is 2.52. The van der Waals surface area contributed by atoms with Crippen LogP contribution in [-0.4, -0.2) is 17.6 Å². The maximum Gasteiger partial charge on any atom is 0.188 e. The lowest BCUT2D eigenvalue weighted by molar-refractivity contribution is 0.280. The summed E-state index contributed by atoms with van der Waals surface area (Å²) in [6.07, 6.45) is 7.63. The van der Waals surface area contributed by atoms with E-state index < -0.39 is 0 Å². The summed E-state index contributed by atoms with van der Waals surface area (Å²) >= 11 is 0. The number of halogens is 1. The van der Waals surface area contributed by atoms with E-state index in [1.54, 1.807) is 0 Å². The molecule has 5 heteroatoms. The second kappa shape index (κ2) is 13.8. The molecule has 0 saturated heterocycles. The van der Waals surface area contributed by atoms with Gasteiger partial charge in [0.05, 0.1) is 13.2 Å². The molecule has 0 aromatic heterocycles. The van der Waals surface area contributed by atoms with Gasteiger partial charge in [0.2, 0.25) is 0 Å². The molecule has 4 N–H and O–H groups in total. The zero-order valence-electron chi connectivity index (χ0n) is 13.6. The molecule has 1 aromatic rings. The van der Waals surface area contributed by atoms with Crippen LogP contribution < -0.4 is 11.1 Å². The second-order valence-electron chi connectivity index (χ2n) is 5.32. The Morgan fingerprint density at radius 1 is 1.09 bits per heavy atom. The summed E-state index contributed by atoms with van der Waals surface area (Å²) in [5.74, 6) is 0.483. The first-order chi connectivity index (χ1) is 10.3. The summed E-state index contributed by atoms with van der Waals surface area (Å²) in [7, 11) is 0. The average molecular weight is 419 g/mol. The van der Waals surface area contributed by atoms with Gasteiger partial charge in [-0.25, -0.2) is 4.99 Å². The molecule has 0 saturated carbocycles. The molecule has 0 bridgehead atoms. The van der Waals surface area contributed by atoms with Crippen molar-refractivity contribution in [2.24, 2.45) is 10.7 Å². The molecular weight excluding hydrogens is 389 g/mol. The van der Waals surface area contributed by atoms with Gasteiger partial charge in [0.1, 0.15) is 0 Å². The molecule has 0 fully saturated rings. The lowest BCUT2D eigenvalue weighted by Crippen LogP contribution is -2.32. The second-order valence-corrected chi connectivity index (χ2v) is 5.32. The molecule has 0 heterocycles. The standard InChI is InChI=1S/C17H29N3O.HI/c1-2-3-4-5-6-9-12-19-17(18)20-13-15-10-7-8-11-16(15)14-21;/h7-8,10-11,21H,2-6,9,12-14H2,1H3,(H3,18,19,20);1H. The van der Waals surface area contributed by atoms with E-state index in [1.165, 1.54) is 32.1 Å². The Bertz CT molecular complexity index is 424. The van der Waals surface area contributed by atoms with E-state index in [9.17, 15) is 5.11 Å². The van der Waals surface area contributed by atoms with Gasteiger partial charge in [-0.1, -0.05) is 63.3 Å². The quantitative estimate of drug-likeness (QED) is 0.235. The van der Waals surface area contributed by atoms with E-state index in [0.717, 1.165) is 24.1 Å². The summed E-state index contributed by atoms with van der Waals surface area (Å²) in [4.78, 5) is 4.32. The van der Waals surface area contributed by atoms with Crippen molar-refractivity contribution < 1.29 is 5.11 Å². The first-order valence-corrected chi connectivity index (χ1v) is 7.99. The Morgan fingerprint density at radius 3 is 2.41 bits per heavy atom.